The summed E-state index contributed by atoms with van der Waals surface area (Å²) in [5.74, 6) is 0.612. The Kier molecular flexibility index (Phi) is 5.68. The number of amides is 1. The molecule has 0 fully saturated rings. The van der Waals surface area contributed by atoms with Crippen LogP contribution in [0.25, 0.3) is 16.0 Å². The van der Waals surface area contributed by atoms with Gasteiger partial charge in [-0.2, -0.15) is 0 Å². The van der Waals surface area contributed by atoms with Crippen molar-refractivity contribution in [1.82, 2.24) is 19.2 Å². The summed E-state index contributed by atoms with van der Waals surface area (Å²) in [6.07, 6.45) is 1.87. The van der Waals surface area contributed by atoms with E-state index < -0.39 is 0 Å². The number of hydrogen-bond acceptors (Lipinski definition) is 6. The SMILES string of the molecule is CCCCn1c(=O)c2sccc2n2c(SCC(=O)Nc3ccc(C)cc3)nnc12. The van der Waals surface area contributed by atoms with Crippen LogP contribution in [0.15, 0.2) is 45.7 Å². The first-order valence-corrected chi connectivity index (χ1v) is 11.3. The summed E-state index contributed by atoms with van der Waals surface area (Å²) in [5, 5.41) is 13.9. The fraction of sp³-hybridized carbons (Fsp3) is 0.300. The third-order valence-electron chi connectivity index (χ3n) is 4.59. The second-order valence-corrected chi connectivity index (χ2v) is 8.62. The molecule has 150 valence electrons. The Morgan fingerprint density at radius 3 is 2.76 bits per heavy atom. The van der Waals surface area contributed by atoms with Gasteiger partial charge in [-0.25, -0.2) is 0 Å². The second-order valence-electron chi connectivity index (χ2n) is 6.77. The lowest BCUT2D eigenvalue weighted by molar-refractivity contribution is -0.113. The molecular weight excluding hydrogens is 406 g/mol. The van der Waals surface area contributed by atoms with E-state index in [-0.39, 0.29) is 17.2 Å². The van der Waals surface area contributed by atoms with Crippen LogP contribution in [0.4, 0.5) is 5.69 Å². The van der Waals surface area contributed by atoms with Gasteiger partial charge in [0, 0.05) is 12.2 Å². The predicted octanol–water partition coefficient (Wildman–Crippen LogP) is 3.95. The quantitative estimate of drug-likeness (QED) is 0.452. The molecule has 7 nitrogen and oxygen atoms in total. The number of hydrogen-bond donors (Lipinski definition) is 1. The molecule has 0 aliphatic heterocycles. The van der Waals surface area contributed by atoms with Crippen molar-refractivity contribution in [3.63, 3.8) is 0 Å². The lowest BCUT2D eigenvalue weighted by Crippen LogP contribution is -2.22. The number of unbranched alkanes of at least 4 members (excludes halogenated alkanes) is 1. The van der Waals surface area contributed by atoms with E-state index in [2.05, 4.69) is 22.4 Å². The van der Waals surface area contributed by atoms with Crippen molar-refractivity contribution in [2.75, 3.05) is 11.1 Å². The Bertz CT molecular complexity index is 1220. The number of anilines is 1. The van der Waals surface area contributed by atoms with Crippen molar-refractivity contribution < 1.29 is 4.79 Å². The Labute approximate surface area is 175 Å². The minimum atomic E-state index is -0.114. The highest BCUT2D eigenvalue weighted by Gasteiger charge is 2.18. The third kappa shape index (κ3) is 3.92. The van der Waals surface area contributed by atoms with E-state index in [4.69, 9.17) is 0 Å². The van der Waals surface area contributed by atoms with Gasteiger partial charge in [0.2, 0.25) is 11.7 Å². The Balaban J connectivity index is 1.61. The molecule has 3 aromatic heterocycles. The number of nitrogens with one attached hydrogen (secondary N) is 1. The second kappa shape index (κ2) is 8.38. The maximum absolute atomic E-state index is 12.8. The van der Waals surface area contributed by atoms with Gasteiger partial charge in [-0.1, -0.05) is 42.8 Å². The van der Waals surface area contributed by atoms with Gasteiger partial charge >= 0.3 is 0 Å². The Morgan fingerprint density at radius 1 is 1.21 bits per heavy atom. The van der Waals surface area contributed by atoms with E-state index in [1.807, 2.05) is 47.0 Å². The summed E-state index contributed by atoms with van der Waals surface area (Å²) < 4.78 is 4.25. The summed E-state index contributed by atoms with van der Waals surface area (Å²) in [7, 11) is 0. The van der Waals surface area contributed by atoms with Crippen LogP contribution in [0, 0.1) is 6.92 Å². The molecule has 0 saturated carbocycles. The van der Waals surface area contributed by atoms with E-state index in [9.17, 15) is 9.59 Å². The summed E-state index contributed by atoms with van der Waals surface area (Å²) in [5.41, 5.74) is 2.66. The minimum absolute atomic E-state index is 0.0305. The molecule has 1 amide bonds. The van der Waals surface area contributed by atoms with E-state index in [0.29, 0.717) is 22.2 Å². The number of benzene rings is 1. The molecule has 29 heavy (non-hydrogen) atoms. The first-order valence-electron chi connectivity index (χ1n) is 9.43. The number of rotatable bonds is 7. The lowest BCUT2D eigenvalue weighted by atomic mass is 10.2. The summed E-state index contributed by atoms with van der Waals surface area (Å²) in [6, 6.07) is 9.57. The first-order chi connectivity index (χ1) is 14.1. The zero-order valence-electron chi connectivity index (χ0n) is 16.2. The number of nitrogens with zero attached hydrogens (tertiary/aromatic N) is 4. The van der Waals surface area contributed by atoms with E-state index in [0.717, 1.165) is 29.6 Å². The normalized spacial score (nSPS) is 11.4. The van der Waals surface area contributed by atoms with Gasteiger partial charge in [0.15, 0.2) is 5.16 Å². The van der Waals surface area contributed by atoms with Crippen LogP contribution >= 0.6 is 23.1 Å². The minimum Gasteiger partial charge on any atom is -0.325 e. The molecule has 1 aromatic carbocycles. The molecule has 0 radical (unpaired) electrons. The first kappa shape index (κ1) is 19.7. The standard InChI is InChI=1S/C20H21N5O2S2/c1-3-4-10-24-18(27)17-15(9-11-28-17)25-19(24)22-23-20(25)29-12-16(26)21-14-7-5-13(2)6-8-14/h5-9,11H,3-4,10,12H2,1-2H3,(H,21,26). The molecule has 0 spiro atoms. The van der Waals surface area contributed by atoms with Gasteiger partial charge in [-0.15, -0.1) is 21.5 Å². The molecule has 0 bridgehead atoms. The van der Waals surface area contributed by atoms with Crippen molar-refractivity contribution in [2.45, 2.75) is 38.4 Å². The largest absolute Gasteiger partial charge is 0.325 e. The van der Waals surface area contributed by atoms with E-state index in [1.54, 1.807) is 4.57 Å². The van der Waals surface area contributed by atoms with Gasteiger partial charge in [0.05, 0.1) is 11.3 Å². The Hall–Kier alpha value is -2.65. The molecule has 0 unspecified atom stereocenters. The summed E-state index contributed by atoms with van der Waals surface area (Å²) in [4.78, 5) is 25.2. The molecular formula is C20H21N5O2S2. The van der Waals surface area contributed by atoms with Crippen LogP contribution in [0.5, 0.6) is 0 Å². The molecule has 4 aromatic rings. The monoisotopic (exact) mass is 427 g/mol. The van der Waals surface area contributed by atoms with Gasteiger partial charge in [-0.05, 0) is 36.9 Å². The lowest BCUT2D eigenvalue weighted by Gasteiger charge is -2.09. The van der Waals surface area contributed by atoms with Crippen LogP contribution in [0.2, 0.25) is 0 Å². The number of thioether (sulfide) groups is 1. The van der Waals surface area contributed by atoms with Crippen molar-refractivity contribution in [2.24, 2.45) is 0 Å². The van der Waals surface area contributed by atoms with Crippen LogP contribution in [0.3, 0.4) is 0 Å². The van der Waals surface area contributed by atoms with E-state index >= 15 is 0 Å². The smallest absolute Gasteiger partial charge is 0.272 e. The van der Waals surface area contributed by atoms with Crippen LogP contribution < -0.4 is 10.9 Å². The van der Waals surface area contributed by atoms with Crippen molar-refractivity contribution >= 4 is 50.7 Å². The van der Waals surface area contributed by atoms with Crippen LogP contribution in [-0.2, 0) is 11.3 Å². The zero-order valence-corrected chi connectivity index (χ0v) is 17.8. The molecule has 0 aliphatic rings. The maximum atomic E-state index is 12.8. The fourth-order valence-electron chi connectivity index (χ4n) is 3.08. The maximum Gasteiger partial charge on any atom is 0.272 e. The number of fused-ring (bicyclic) bond motifs is 3. The number of carbonyl (C=O) groups is 1. The van der Waals surface area contributed by atoms with Crippen molar-refractivity contribution in [1.29, 1.82) is 0 Å². The van der Waals surface area contributed by atoms with E-state index in [1.165, 1.54) is 23.1 Å². The molecule has 0 saturated heterocycles. The average molecular weight is 428 g/mol. The van der Waals surface area contributed by atoms with Gasteiger partial charge in [0.1, 0.15) is 4.70 Å². The van der Waals surface area contributed by atoms with Crippen molar-refractivity contribution in [3.8, 4) is 0 Å². The fourth-order valence-corrected chi connectivity index (χ4v) is 4.64. The number of aromatic nitrogens is 4. The van der Waals surface area contributed by atoms with Crippen LogP contribution in [-0.4, -0.2) is 30.8 Å². The molecule has 3 heterocycles. The molecule has 4 rings (SSSR count). The van der Waals surface area contributed by atoms with Crippen LogP contribution in [0.1, 0.15) is 25.3 Å². The number of thiophene rings is 1. The predicted molar refractivity (Wildman–Crippen MR) is 118 cm³/mol. The highest BCUT2D eigenvalue weighted by atomic mass is 32.2. The van der Waals surface area contributed by atoms with Gasteiger partial charge < -0.3 is 5.32 Å². The molecule has 0 atom stereocenters. The van der Waals surface area contributed by atoms with Gasteiger partial charge in [-0.3, -0.25) is 18.6 Å². The highest BCUT2D eigenvalue weighted by Crippen LogP contribution is 2.24. The average Bonchev–Trinajstić information content (AvgIpc) is 3.35. The highest BCUT2D eigenvalue weighted by molar-refractivity contribution is 7.99. The summed E-state index contributed by atoms with van der Waals surface area (Å²) >= 11 is 2.73. The third-order valence-corrected chi connectivity index (χ3v) is 6.41. The molecule has 1 N–H and O–H groups in total. The number of aryl methyl sites for hydroxylation is 2. The zero-order chi connectivity index (χ0) is 20.4. The topological polar surface area (TPSA) is 81.3 Å². The van der Waals surface area contributed by atoms with Crippen molar-refractivity contribution in [3.05, 3.63) is 51.6 Å². The Morgan fingerprint density at radius 2 is 2.00 bits per heavy atom. The number of carbonyl (C=O) groups excluding carboxylic acids is 1. The summed E-state index contributed by atoms with van der Waals surface area (Å²) in [6.45, 7) is 4.69. The molecule has 9 heteroatoms. The van der Waals surface area contributed by atoms with Gasteiger partial charge in [0.25, 0.3) is 5.56 Å². The molecule has 0 aliphatic carbocycles.